The highest BCUT2D eigenvalue weighted by Gasteiger charge is 2.40. The lowest BCUT2D eigenvalue weighted by molar-refractivity contribution is -0.120. The molecule has 0 bridgehead atoms. The van der Waals surface area contributed by atoms with Gasteiger partial charge in [-0.05, 0) is 96.5 Å². The van der Waals surface area contributed by atoms with Crippen LogP contribution in [0.4, 0.5) is 11.4 Å². The molecular weight excluding hydrogens is 543 g/mol. The molecule has 0 unspecified atom stereocenters. The minimum Gasteiger partial charge on any atom is -0.350 e. The summed E-state index contributed by atoms with van der Waals surface area (Å²) < 4.78 is 1.10. The maximum atomic E-state index is 13.5. The van der Waals surface area contributed by atoms with E-state index < -0.39 is 0 Å². The molecule has 33 heavy (non-hydrogen) atoms. The van der Waals surface area contributed by atoms with Gasteiger partial charge in [0.1, 0.15) is 10.6 Å². The number of halogens is 1. The maximum absolute atomic E-state index is 13.5. The highest BCUT2D eigenvalue weighted by molar-refractivity contribution is 14.1. The third-order valence-electron chi connectivity index (χ3n) is 5.41. The van der Waals surface area contributed by atoms with Crippen LogP contribution in [0.25, 0.3) is 0 Å². The molecule has 0 aromatic heterocycles. The van der Waals surface area contributed by atoms with Crippen molar-refractivity contribution in [1.82, 2.24) is 0 Å². The molecule has 0 fully saturated rings. The Hall–Kier alpha value is -2.58. The molecule has 4 rings (SSSR count). The van der Waals surface area contributed by atoms with Crippen molar-refractivity contribution in [3.05, 3.63) is 98.1 Å². The van der Waals surface area contributed by atoms with E-state index in [0.29, 0.717) is 16.3 Å². The monoisotopic (exact) mass is 568 g/mol. The summed E-state index contributed by atoms with van der Waals surface area (Å²) >= 11 is 3.56. The van der Waals surface area contributed by atoms with E-state index in [-0.39, 0.29) is 11.8 Å². The second-order valence-electron chi connectivity index (χ2n) is 7.97. The Morgan fingerprint density at radius 3 is 2.18 bits per heavy atom. The Bertz CT molecular complexity index is 1120. The molecule has 2 amide bonds. The molecule has 0 spiro atoms. The van der Waals surface area contributed by atoms with E-state index in [4.69, 9.17) is 0 Å². The third-order valence-corrected chi connectivity index (χ3v) is 7.22. The van der Waals surface area contributed by atoms with Crippen LogP contribution in [-0.4, -0.2) is 11.8 Å². The predicted octanol–water partition coefficient (Wildman–Crippen LogP) is 6.93. The van der Waals surface area contributed by atoms with Crippen molar-refractivity contribution < 1.29 is 9.59 Å². The molecule has 3 aromatic rings. The smallest absolute Gasteiger partial charge is 0.283 e. The first-order valence-corrected chi connectivity index (χ1v) is 12.8. The number of carbonyl (C=O) groups is 2. The van der Waals surface area contributed by atoms with Crippen LogP contribution in [0.2, 0.25) is 0 Å². The van der Waals surface area contributed by atoms with Crippen molar-refractivity contribution in [2.45, 2.75) is 38.0 Å². The molecule has 1 aliphatic heterocycles. The molecule has 0 aliphatic carbocycles. The van der Waals surface area contributed by atoms with Gasteiger partial charge in [0.25, 0.3) is 11.8 Å². The minimum absolute atomic E-state index is 0.306. The zero-order valence-corrected chi connectivity index (χ0v) is 21.6. The minimum atomic E-state index is -0.338. The second-order valence-corrected chi connectivity index (χ2v) is 10.3. The van der Waals surface area contributed by atoms with Crippen molar-refractivity contribution in [2.24, 2.45) is 0 Å². The van der Waals surface area contributed by atoms with E-state index in [9.17, 15) is 9.59 Å². The lowest BCUT2D eigenvalue weighted by atomic mass is 10.1. The van der Waals surface area contributed by atoms with Crippen molar-refractivity contribution in [2.75, 3.05) is 10.2 Å². The molecule has 1 heterocycles. The number of anilines is 2. The van der Waals surface area contributed by atoms with Crippen molar-refractivity contribution in [3.8, 4) is 0 Å². The fourth-order valence-electron chi connectivity index (χ4n) is 3.54. The SMILES string of the molecule is CCCCc1ccc(N2C(=O)C(Nc3ccc(I)cc3)=C(Sc3ccc(C)cc3)C2=O)cc1. The van der Waals surface area contributed by atoms with Crippen LogP contribution in [0.5, 0.6) is 0 Å². The van der Waals surface area contributed by atoms with Gasteiger partial charge in [-0.1, -0.05) is 54.9 Å². The Morgan fingerprint density at radius 2 is 1.55 bits per heavy atom. The number of amides is 2. The van der Waals surface area contributed by atoms with Crippen LogP contribution in [-0.2, 0) is 16.0 Å². The topological polar surface area (TPSA) is 49.4 Å². The number of imide groups is 1. The van der Waals surface area contributed by atoms with Gasteiger partial charge in [-0.3, -0.25) is 9.59 Å². The van der Waals surface area contributed by atoms with Crippen LogP contribution in [0.3, 0.4) is 0 Å². The number of rotatable bonds is 8. The van der Waals surface area contributed by atoms with Crippen molar-refractivity contribution in [3.63, 3.8) is 0 Å². The van der Waals surface area contributed by atoms with Gasteiger partial charge in [-0.25, -0.2) is 4.90 Å². The number of aryl methyl sites for hydroxylation is 2. The molecule has 0 saturated heterocycles. The van der Waals surface area contributed by atoms with Crippen LogP contribution < -0.4 is 10.2 Å². The molecular formula is C27H25IN2O2S. The standard InChI is InChI=1S/C27H25IN2O2S/c1-3-4-5-19-8-14-22(15-9-19)30-26(31)24(29-21-12-10-20(28)11-13-21)25(27(30)32)33-23-16-6-18(2)7-17-23/h6-17,29H,3-5H2,1-2H3. The summed E-state index contributed by atoms with van der Waals surface area (Å²) in [6.07, 6.45) is 3.23. The van der Waals surface area contributed by atoms with Crippen LogP contribution >= 0.6 is 34.4 Å². The summed E-state index contributed by atoms with van der Waals surface area (Å²) in [6, 6.07) is 23.4. The first-order chi connectivity index (χ1) is 16.0. The number of thioether (sulfide) groups is 1. The van der Waals surface area contributed by atoms with E-state index in [0.717, 1.165) is 39.0 Å². The maximum Gasteiger partial charge on any atom is 0.283 e. The van der Waals surface area contributed by atoms with Crippen LogP contribution in [0.15, 0.2) is 88.3 Å². The van der Waals surface area contributed by atoms with E-state index in [1.54, 1.807) is 0 Å². The van der Waals surface area contributed by atoms with Gasteiger partial charge in [-0.15, -0.1) is 0 Å². The normalized spacial score (nSPS) is 13.7. The van der Waals surface area contributed by atoms with E-state index >= 15 is 0 Å². The lowest BCUT2D eigenvalue weighted by Gasteiger charge is -2.16. The first kappa shape index (κ1) is 23.6. The summed E-state index contributed by atoms with van der Waals surface area (Å²) in [7, 11) is 0. The summed E-state index contributed by atoms with van der Waals surface area (Å²) in [5.74, 6) is -0.644. The largest absolute Gasteiger partial charge is 0.350 e. The fourth-order valence-corrected chi connectivity index (χ4v) is 4.83. The molecule has 1 aliphatic rings. The quantitative estimate of drug-likeness (QED) is 0.237. The predicted molar refractivity (Wildman–Crippen MR) is 144 cm³/mol. The van der Waals surface area contributed by atoms with Crippen molar-refractivity contribution >= 4 is 57.5 Å². The molecule has 6 heteroatoms. The number of hydrogen-bond acceptors (Lipinski definition) is 4. The zero-order valence-electron chi connectivity index (χ0n) is 18.6. The number of nitrogens with zero attached hydrogens (tertiary/aromatic N) is 1. The fraction of sp³-hybridized carbons (Fsp3) is 0.185. The number of carbonyl (C=O) groups excluding carboxylic acids is 2. The Labute approximate surface area is 212 Å². The van der Waals surface area contributed by atoms with Gasteiger partial charge in [0.2, 0.25) is 0 Å². The number of unbranched alkanes of at least 4 members (excludes halogenated alkanes) is 1. The number of hydrogen-bond donors (Lipinski definition) is 1. The second kappa shape index (κ2) is 10.6. The highest BCUT2D eigenvalue weighted by Crippen LogP contribution is 2.38. The summed E-state index contributed by atoms with van der Waals surface area (Å²) in [5.41, 5.74) is 4.02. The average molecular weight is 568 g/mol. The summed E-state index contributed by atoms with van der Waals surface area (Å²) in [4.78, 5) is 29.5. The molecule has 4 nitrogen and oxygen atoms in total. The Balaban J connectivity index is 1.66. The van der Waals surface area contributed by atoms with E-state index in [2.05, 4.69) is 34.8 Å². The number of nitrogens with one attached hydrogen (secondary N) is 1. The highest BCUT2D eigenvalue weighted by atomic mass is 127. The van der Waals surface area contributed by atoms with Gasteiger partial charge in [0.15, 0.2) is 0 Å². The van der Waals surface area contributed by atoms with Crippen molar-refractivity contribution in [1.29, 1.82) is 0 Å². The Morgan fingerprint density at radius 1 is 0.879 bits per heavy atom. The summed E-state index contributed by atoms with van der Waals surface area (Å²) in [6.45, 7) is 4.19. The lowest BCUT2D eigenvalue weighted by Crippen LogP contribution is -2.32. The van der Waals surface area contributed by atoms with E-state index in [1.807, 2.05) is 79.7 Å². The molecule has 0 radical (unpaired) electrons. The van der Waals surface area contributed by atoms with Gasteiger partial charge < -0.3 is 5.32 Å². The van der Waals surface area contributed by atoms with E-state index in [1.165, 1.54) is 22.2 Å². The Kier molecular flexibility index (Phi) is 7.55. The molecule has 0 saturated carbocycles. The molecule has 3 aromatic carbocycles. The van der Waals surface area contributed by atoms with Crippen LogP contribution in [0.1, 0.15) is 30.9 Å². The molecule has 1 N–H and O–H groups in total. The number of benzene rings is 3. The van der Waals surface area contributed by atoms with Gasteiger partial charge in [0, 0.05) is 14.2 Å². The summed E-state index contributed by atoms with van der Waals surface area (Å²) in [5, 5.41) is 3.21. The molecule has 0 atom stereocenters. The molecule has 168 valence electrons. The van der Waals surface area contributed by atoms with Gasteiger partial charge >= 0.3 is 0 Å². The third kappa shape index (κ3) is 5.50. The zero-order chi connectivity index (χ0) is 23.4. The van der Waals surface area contributed by atoms with Gasteiger partial charge in [0.05, 0.1) is 5.69 Å². The first-order valence-electron chi connectivity index (χ1n) is 11.0. The average Bonchev–Trinajstić information content (AvgIpc) is 3.05. The van der Waals surface area contributed by atoms with Gasteiger partial charge in [-0.2, -0.15) is 0 Å². The van der Waals surface area contributed by atoms with Crippen LogP contribution in [0, 0.1) is 10.5 Å².